The van der Waals surface area contributed by atoms with Gasteiger partial charge in [0, 0.05) is 31.9 Å². The van der Waals surface area contributed by atoms with E-state index >= 15 is 0 Å². The summed E-state index contributed by atoms with van der Waals surface area (Å²) in [5, 5.41) is 0. The van der Waals surface area contributed by atoms with Crippen LogP contribution >= 0.6 is 0 Å². The molecule has 0 spiro atoms. The summed E-state index contributed by atoms with van der Waals surface area (Å²) in [5.41, 5.74) is 3.58. The minimum Gasteiger partial charge on any atom is -0.368 e. The van der Waals surface area contributed by atoms with Gasteiger partial charge in [0.05, 0.1) is 11.4 Å². The molecule has 4 rings (SSSR count). The summed E-state index contributed by atoms with van der Waals surface area (Å²) in [5.74, 6) is 0.566. The molecular weight excluding hydrogens is 301 g/mol. The van der Waals surface area contributed by atoms with Crippen molar-refractivity contribution in [3.63, 3.8) is 0 Å². The molecule has 2 aliphatic rings. The van der Waals surface area contributed by atoms with Crippen molar-refractivity contribution in [2.24, 2.45) is 5.92 Å². The summed E-state index contributed by atoms with van der Waals surface area (Å²) in [6.07, 6.45) is 1.29. The van der Waals surface area contributed by atoms with E-state index < -0.39 is 0 Å². The Labute approximate surface area is 143 Å². The van der Waals surface area contributed by atoms with Gasteiger partial charge in [0.1, 0.15) is 5.82 Å². The summed E-state index contributed by atoms with van der Waals surface area (Å²) >= 11 is 0. The van der Waals surface area contributed by atoms with Gasteiger partial charge in [0.2, 0.25) is 0 Å². The second-order valence-electron chi connectivity index (χ2n) is 6.98. The SMILES string of the molecule is CN1CC[C@H](CN2CCN(c3ccc(F)cc3)c3ccccc32)C1. The van der Waals surface area contributed by atoms with Gasteiger partial charge < -0.3 is 14.7 Å². The molecular formula is C20H24FN3. The standard InChI is InChI=1S/C20H24FN3/c1-22-11-10-16(14-22)15-23-12-13-24(18-8-6-17(21)7-9-18)20-5-3-2-4-19(20)23/h2-9,16H,10-15H2,1H3/t16-/m0/s1. The van der Waals surface area contributed by atoms with Crippen molar-refractivity contribution in [1.82, 2.24) is 4.90 Å². The third kappa shape index (κ3) is 2.98. The third-order valence-corrected chi connectivity index (χ3v) is 5.21. The lowest BCUT2D eigenvalue weighted by Gasteiger charge is -2.40. The van der Waals surface area contributed by atoms with Crippen molar-refractivity contribution < 1.29 is 4.39 Å². The molecule has 24 heavy (non-hydrogen) atoms. The Morgan fingerprint density at radius 2 is 1.71 bits per heavy atom. The highest BCUT2D eigenvalue weighted by Gasteiger charge is 2.27. The molecule has 0 aromatic heterocycles. The highest BCUT2D eigenvalue weighted by molar-refractivity contribution is 5.79. The molecule has 0 radical (unpaired) electrons. The second-order valence-corrected chi connectivity index (χ2v) is 6.98. The van der Waals surface area contributed by atoms with E-state index in [1.807, 2.05) is 12.1 Å². The largest absolute Gasteiger partial charge is 0.368 e. The van der Waals surface area contributed by atoms with E-state index in [2.05, 4.69) is 46.0 Å². The zero-order valence-corrected chi connectivity index (χ0v) is 14.2. The number of fused-ring (bicyclic) bond motifs is 1. The maximum absolute atomic E-state index is 13.2. The number of nitrogens with zero attached hydrogens (tertiary/aromatic N) is 3. The third-order valence-electron chi connectivity index (χ3n) is 5.21. The van der Waals surface area contributed by atoms with Crippen molar-refractivity contribution in [2.45, 2.75) is 6.42 Å². The van der Waals surface area contributed by atoms with Gasteiger partial charge in [-0.3, -0.25) is 0 Å². The van der Waals surface area contributed by atoms with Crippen molar-refractivity contribution >= 4 is 17.1 Å². The van der Waals surface area contributed by atoms with Crippen molar-refractivity contribution in [3.05, 3.63) is 54.3 Å². The molecule has 0 aliphatic carbocycles. The van der Waals surface area contributed by atoms with Crippen LogP contribution in [0.4, 0.5) is 21.5 Å². The van der Waals surface area contributed by atoms with Crippen molar-refractivity contribution in [1.29, 1.82) is 0 Å². The van der Waals surface area contributed by atoms with E-state index in [4.69, 9.17) is 0 Å². The monoisotopic (exact) mass is 325 g/mol. The molecule has 2 aromatic carbocycles. The maximum Gasteiger partial charge on any atom is 0.123 e. The summed E-state index contributed by atoms with van der Waals surface area (Å²) < 4.78 is 13.2. The van der Waals surface area contributed by atoms with Crippen LogP contribution in [-0.4, -0.2) is 44.7 Å². The lowest BCUT2D eigenvalue weighted by atomic mass is 10.1. The minimum absolute atomic E-state index is 0.184. The van der Waals surface area contributed by atoms with Crippen LogP contribution in [0.1, 0.15) is 6.42 Å². The summed E-state index contributed by atoms with van der Waals surface area (Å²) in [7, 11) is 2.21. The van der Waals surface area contributed by atoms with Crippen LogP contribution in [0, 0.1) is 11.7 Å². The molecule has 3 nitrogen and oxygen atoms in total. The molecule has 2 aromatic rings. The molecule has 4 heteroatoms. The number of rotatable bonds is 3. The Balaban J connectivity index is 1.59. The summed E-state index contributed by atoms with van der Waals surface area (Å²) in [6, 6.07) is 15.4. The van der Waals surface area contributed by atoms with Gasteiger partial charge in [0.25, 0.3) is 0 Å². The van der Waals surface area contributed by atoms with Crippen molar-refractivity contribution in [3.8, 4) is 0 Å². The first kappa shape index (κ1) is 15.5. The van der Waals surface area contributed by atoms with Gasteiger partial charge in [-0.05, 0) is 62.3 Å². The molecule has 2 aliphatic heterocycles. The van der Waals surface area contributed by atoms with Gasteiger partial charge in [-0.2, -0.15) is 0 Å². The van der Waals surface area contributed by atoms with E-state index in [0.717, 1.165) is 31.2 Å². The zero-order chi connectivity index (χ0) is 16.5. The lowest BCUT2D eigenvalue weighted by Crippen LogP contribution is -2.41. The predicted octanol–water partition coefficient (Wildman–Crippen LogP) is 3.74. The number of hydrogen-bond acceptors (Lipinski definition) is 3. The number of benzene rings is 2. The highest BCUT2D eigenvalue weighted by atomic mass is 19.1. The average Bonchev–Trinajstić information content (AvgIpc) is 3.01. The number of anilines is 3. The molecule has 0 amide bonds. The van der Waals surface area contributed by atoms with E-state index in [9.17, 15) is 4.39 Å². The topological polar surface area (TPSA) is 9.72 Å². The van der Waals surface area contributed by atoms with Gasteiger partial charge in [-0.1, -0.05) is 12.1 Å². The van der Waals surface area contributed by atoms with Crippen molar-refractivity contribution in [2.75, 3.05) is 49.6 Å². The molecule has 0 bridgehead atoms. The van der Waals surface area contributed by atoms with E-state index in [1.165, 1.54) is 30.9 Å². The van der Waals surface area contributed by atoms with Crippen LogP contribution in [-0.2, 0) is 0 Å². The van der Waals surface area contributed by atoms with Crippen LogP contribution in [0.15, 0.2) is 48.5 Å². The van der Waals surface area contributed by atoms with E-state index in [1.54, 1.807) is 12.1 Å². The molecule has 2 heterocycles. The molecule has 1 saturated heterocycles. The number of hydrogen-bond donors (Lipinski definition) is 0. The summed E-state index contributed by atoms with van der Waals surface area (Å²) in [4.78, 5) is 7.25. The number of para-hydroxylation sites is 2. The fraction of sp³-hybridized carbons (Fsp3) is 0.400. The lowest BCUT2D eigenvalue weighted by molar-refractivity contribution is 0.394. The first-order valence-electron chi connectivity index (χ1n) is 8.76. The Morgan fingerprint density at radius 1 is 0.958 bits per heavy atom. The zero-order valence-electron chi connectivity index (χ0n) is 14.2. The maximum atomic E-state index is 13.2. The van der Waals surface area contributed by atoms with Crippen LogP contribution in [0.2, 0.25) is 0 Å². The highest BCUT2D eigenvalue weighted by Crippen LogP contribution is 2.38. The molecule has 1 atom stereocenters. The Hall–Kier alpha value is -2.07. The first-order chi connectivity index (χ1) is 11.7. The quantitative estimate of drug-likeness (QED) is 0.851. The molecule has 0 N–H and O–H groups in total. The van der Waals surface area contributed by atoms with Gasteiger partial charge >= 0.3 is 0 Å². The average molecular weight is 325 g/mol. The normalized spacial score (nSPS) is 21.2. The molecule has 0 saturated carbocycles. The Kier molecular flexibility index (Phi) is 4.15. The first-order valence-corrected chi connectivity index (χ1v) is 8.76. The predicted molar refractivity (Wildman–Crippen MR) is 97.7 cm³/mol. The smallest absolute Gasteiger partial charge is 0.123 e. The number of likely N-dealkylation sites (tertiary alicyclic amines) is 1. The van der Waals surface area contributed by atoms with Crippen LogP contribution in [0.3, 0.4) is 0 Å². The van der Waals surface area contributed by atoms with Crippen LogP contribution in [0.5, 0.6) is 0 Å². The molecule has 1 fully saturated rings. The van der Waals surface area contributed by atoms with E-state index in [0.29, 0.717) is 0 Å². The van der Waals surface area contributed by atoms with Gasteiger partial charge in [-0.25, -0.2) is 4.39 Å². The minimum atomic E-state index is -0.184. The Bertz CT molecular complexity index is 700. The van der Waals surface area contributed by atoms with Crippen LogP contribution < -0.4 is 9.80 Å². The molecule has 0 unspecified atom stereocenters. The Morgan fingerprint density at radius 3 is 2.42 bits per heavy atom. The number of halogens is 1. The van der Waals surface area contributed by atoms with Gasteiger partial charge in [-0.15, -0.1) is 0 Å². The summed E-state index contributed by atoms with van der Waals surface area (Å²) in [6.45, 7) is 5.47. The van der Waals surface area contributed by atoms with E-state index in [-0.39, 0.29) is 5.82 Å². The van der Waals surface area contributed by atoms with Crippen LogP contribution in [0.25, 0.3) is 0 Å². The molecule has 126 valence electrons. The fourth-order valence-electron chi connectivity index (χ4n) is 3.99. The van der Waals surface area contributed by atoms with Gasteiger partial charge in [0.15, 0.2) is 0 Å². The fourth-order valence-corrected chi connectivity index (χ4v) is 3.99. The second kappa shape index (κ2) is 6.44.